The van der Waals surface area contributed by atoms with Crippen LogP contribution in [-0.4, -0.2) is 43.2 Å². The Morgan fingerprint density at radius 1 is 1.09 bits per heavy atom. The van der Waals surface area contributed by atoms with Gasteiger partial charge in [-0.15, -0.1) is 0 Å². The lowest BCUT2D eigenvalue weighted by molar-refractivity contribution is -0.119. The minimum Gasteiger partial charge on any atom is -0.327 e. The number of aryl methyl sites for hydroxylation is 2. The molecule has 2 aromatic heterocycles. The Bertz CT molecular complexity index is 1200. The lowest BCUT2D eigenvalue weighted by atomic mass is 10.0. The molecule has 1 saturated heterocycles. The van der Waals surface area contributed by atoms with Gasteiger partial charge in [-0.25, -0.2) is 15.0 Å². The molecule has 0 radical (unpaired) electrons. The van der Waals surface area contributed by atoms with Gasteiger partial charge in [0.05, 0.1) is 18.8 Å². The Morgan fingerprint density at radius 2 is 1.91 bits per heavy atom. The summed E-state index contributed by atoms with van der Waals surface area (Å²) in [5, 5.41) is 0. The molecule has 1 atom stereocenters. The Morgan fingerprint density at radius 3 is 2.67 bits per heavy atom. The molecule has 0 saturated carbocycles. The first-order valence-electron chi connectivity index (χ1n) is 11.3. The largest absolute Gasteiger partial charge is 0.327 e. The van der Waals surface area contributed by atoms with Crippen LogP contribution in [0.25, 0.3) is 0 Å². The molecule has 2 aliphatic rings. The average Bonchev–Trinajstić information content (AvgIpc) is 3.32. The first kappa shape index (κ1) is 21.2. The van der Waals surface area contributed by atoms with Crippen molar-refractivity contribution in [1.29, 1.82) is 0 Å². The zero-order valence-electron chi connectivity index (χ0n) is 18.9. The fourth-order valence-corrected chi connectivity index (χ4v) is 4.63. The van der Waals surface area contributed by atoms with Gasteiger partial charge < -0.3 is 4.90 Å². The number of benzene rings is 1. The van der Waals surface area contributed by atoms with Crippen LogP contribution in [0.5, 0.6) is 0 Å². The number of carbonyl (C=O) groups is 2. The fourth-order valence-electron chi connectivity index (χ4n) is 4.63. The van der Waals surface area contributed by atoms with E-state index in [4.69, 9.17) is 9.97 Å². The molecule has 0 unspecified atom stereocenters. The molecule has 0 spiro atoms. The molecule has 168 valence electrons. The maximum Gasteiger partial charge on any atom is 0.274 e. The third kappa shape index (κ3) is 4.08. The highest BCUT2D eigenvalue weighted by molar-refractivity contribution is 5.95. The van der Waals surface area contributed by atoms with Crippen molar-refractivity contribution < 1.29 is 9.59 Å². The second-order valence-corrected chi connectivity index (χ2v) is 8.68. The van der Waals surface area contributed by atoms with Crippen LogP contribution < -0.4 is 4.90 Å². The molecule has 2 amide bonds. The van der Waals surface area contributed by atoms with Crippen LogP contribution in [0.3, 0.4) is 0 Å². The lowest BCUT2D eigenvalue weighted by Gasteiger charge is -2.31. The highest BCUT2D eigenvalue weighted by Gasteiger charge is 2.36. The van der Waals surface area contributed by atoms with E-state index in [1.54, 1.807) is 16.0 Å². The van der Waals surface area contributed by atoms with Crippen molar-refractivity contribution in [3.63, 3.8) is 0 Å². The summed E-state index contributed by atoms with van der Waals surface area (Å²) in [6.45, 7) is 5.10. The molecule has 1 aromatic carbocycles. The highest BCUT2D eigenvalue weighted by Crippen LogP contribution is 2.35. The number of likely N-dealkylation sites (tertiary alicyclic amines) is 1. The van der Waals surface area contributed by atoms with E-state index in [2.05, 4.69) is 22.1 Å². The molecule has 3 aromatic rings. The number of aromatic nitrogens is 4. The van der Waals surface area contributed by atoms with E-state index in [-0.39, 0.29) is 17.9 Å². The quantitative estimate of drug-likeness (QED) is 0.615. The number of rotatable bonds is 4. The van der Waals surface area contributed by atoms with Gasteiger partial charge in [-0.3, -0.25) is 19.5 Å². The molecule has 8 nitrogen and oxygen atoms in total. The zero-order chi connectivity index (χ0) is 22.9. The minimum absolute atomic E-state index is 0.0611. The van der Waals surface area contributed by atoms with Gasteiger partial charge >= 0.3 is 0 Å². The van der Waals surface area contributed by atoms with Crippen molar-refractivity contribution in [3.8, 4) is 0 Å². The second kappa shape index (κ2) is 8.69. The number of fused-ring (bicyclic) bond motifs is 1. The van der Waals surface area contributed by atoms with E-state index in [1.165, 1.54) is 18.0 Å². The summed E-state index contributed by atoms with van der Waals surface area (Å²) in [5.41, 5.74) is 4.43. The van der Waals surface area contributed by atoms with Gasteiger partial charge in [-0.05, 0) is 38.7 Å². The second-order valence-electron chi connectivity index (χ2n) is 8.68. The molecule has 8 heteroatoms. The van der Waals surface area contributed by atoms with Crippen LogP contribution in [0, 0.1) is 13.8 Å². The van der Waals surface area contributed by atoms with Gasteiger partial charge in [-0.2, -0.15) is 0 Å². The Balaban J connectivity index is 1.49. The third-order valence-electron chi connectivity index (χ3n) is 6.41. The molecule has 0 bridgehead atoms. The van der Waals surface area contributed by atoms with E-state index in [1.807, 2.05) is 26.0 Å². The minimum atomic E-state index is -0.248. The van der Waals surface area contributed by atoms with Gasteiger partial charge in [0.2, 0.25) is 5.91 Å². The van der Waals surface area contributed by atoms with Crippen LogP contribution in [0.15, 0.2) is 42.9 Å². The van der Waals surface area contributed by atoms with E-state index in [9.17, 15) is 9.59 Å². The van der Waals surface area contributed by atoms with Gasteiger partial charge in [-0.1, -0.05) is 29.8 Å². The van der Waals surface area contributed by atoms with E-state index >= 15 is 0 Å². The molecule has 33 heavy (non-hydrogen) atoms. The summed E-state index contributed by atoms with van der Waals surface area (Å²) in [6.07, 6.45) is 7.28. The summed E-state index contributed by atoms with van der Waals surface area (Å²) in [5.74, 6) is 1.15. The lowest BCUT2D eigenvalue weighted by Crippen LogP contribution is -2.37. The monoisotopic (exact) mass is 442 g/mol. The topological polar surface area (TPSA) is 92.2 Å². The smallest absolute Gasteiger partial charge is 0.274 e. The van der Waals surface area contributed by atoms with E-state index in [0.717, 1.165) is 29.7 Å². The summed E-state index contributed by atoms with van der Waals surface area (Å²) < 4.78 is 0. The standard InChI is InChI=1S/C25H26N6O2/c1-16-5-7-18(8-6-16)15-31-22(32)10-9-19-17(2)28-23(29-24(19)31)21-4-3-13-30(21)25(33)20-14-26-11-12-27-20/h5-8,11-12,14,21H,3-4,9-10,13,15H2,1-2H3/t21-/m0/s1. The average molecular weight is 443 g/mol. The molecule has 0 aliphatic carbocycles. The number of carbonyl (C=O) groups excluding carboxylic acids is 2. The van der Waals surface area contributed by atoms with Crippen LogP contribution in [0.2, 0.25) is 0 Å². The maximum atomic E-state index is 13.1. The van der Waals surface area contributed by atoms with Crippen molar-refractivity contribution in [2.75, 3.05) is 11.4 Å². The first-order chi connectivity index (χ1) is 16.0. The van der Waals surface area contributed by atoms with Crippen LogP contribution in [0.1, 0.15) is 64.0 Å². The molecule has 1 fully saturated rings. The Kier molecular flexibility index (Phi) is 5.58. The van der Waals surface area contributed by atoms with Gasteiger partial charge in [0.15, 0.2) is 5.82 Å². The molecule has 0 N–H and O–H groups in total. The van der Waals surface area contributed by atoms with Crippen LogP contribution >= 0.6 is 0 Å². The van der Waals surface area contributed by atoms with Gasteiger partial charge in [0.25, 0.3) is 5.91 Å². The van der Waals surface area contributed by atoms with E-state index in [0.29, 0.717) is 43.3 Å². The predicted octanol–water partition coefficient (Wildman–Crippen LogP) is 3.34. The molecular formula is C25H26N6O2. The normalized spacial score (nSPS) is 17.9. The molecule has 2 aliphatic heterocycles. The van der Waals surface area contributed by atoms with Gasteiger partial charge in [0.1, 0.15) is 11.5 Å². The molecule has 4 heterocycles. The summed E-state index contributed by atoms with van der Waals surface area (Å²) in [7, 11) is 0. The molecule has 5 rings (SSSR count). The third-order valence-corrected chi connectivity index (χ3v) is 6.41. The zero-order valence-corrected chi connectivity index (χ0v) is 18.9. The SMILES string of the molecule is Cc1ccc(CN2C(=O)CCc3c(C)nc([C@@H]4CCCN4C(=O)c4cnccn4)nc32)cc1. The highest BCUT2D eigenvalue weighted by atomic mass is 16.2. The van der Waals surface area contributed by atoms with Crippen LogP contribution in [0.4, 0.5) is 5.82 Å². The first-order valence-corrected chi connectivity index (χ1v) is 11.3. The Hall–Kier alpha value is -3.68. The van der Waals surface area contributed by atoms with Gasteiger partial charge in [0, 0.05) is 36.6 Å². The van der Waals surface area contributed by atoms with Crippen molar-refractivity contribution >= 4 is 17.6 Å². The number of amides is 2. The number of hydrogen-bond donors (Lipinski definition) is 0. The summed E-state index contributed by atoms with van der Waals surface area (Å²) >= 11 is 0. The maximum absolute atomic E-state index is 13.1. The van der Waals surface area contributed by atoms with Crippen LogP contribution in [-0.2, 0) is 17.8 Å². The van der Waals surface area contributed by atoms with Crippen molar-refractivity contribution in [2.24, 2.45) is 0 Å². The number of hydrogen-bond acceptors (Lipinski definition) is 6. The van der Waals surface area contributed by atoms with Crippen molar-refractivity contribution in [1.82, 2.24) is 24.8 Å². The molecular weight excluding hydrogens is 416 g/mol. The fraction of sp³-hybridized carbons (Fsp3) is 0.360. The predicted molar refractivity (Wildman–Crippen MR) is 123 cm³/mol. The summed E-state index contributed by atoms with van der Waals surface area (Å²) in [4.78, 5) is 47.4. The van der Waals surface area contributed by atoms with E-state index < -0.39 is 0 Å². The number of anilines is 1. The number of nitrogens with zero attached hydrogens (tertiary/aromatic N) is 6. The van der Waals surface area contributed by atoms with Crippen molar-refractivity contribution in [3.05, 3.63) is 76.8 Å². The Labute approximate surface area is 192 Å². The summed E-state index contributed by atoms with van der Waals surface area (Å²) in [6, 6.07) is 7.95. The van der Waals surface area contributed by atoms with Crippen molar-refractivity contribution in [2.45, 2.75) is 52.1 Å².